The van der Waals surface area contributed by atoms with Crippen molar-refractivity contribution >= 4 is 40.4 Å². The number of aryl methyl sites for hydroxylation is 1. The molecule has 4 aromatic rings. The van der Waals surface area contributed by atoms with Gasteiger partial charge in [-0.25, -0.2) is 9.50 Å². The average molecular weight is 441 g/mol. The Labute approximate surface area is 183 Å². The molecule has 0 aliphatic heterocycles. The molecule has 2 aromatic heterocycles. The van der Waals surface area contributed by atoms with Crippen LogP contribution in [-0.2, 0) is 11.3 Å². The zero-order valence-electron chi connectivity index (χ0n) is 16.3. The number of hydrogen-bond acceptors (Lipinski definition) is 4. The summed E-state index contributed by atoms with van der Waals surface area (Å²) in [5.41, 5.74) is 4.70. The van der Waals surface area contributed by atoms with E-state index in [1.165, 1.54) is 0 Å². The summed E-state index contributed by atoms with van der Waals surface area (Å²) in [6, 6.07) is 14.5. The second kappa shape index (κ2) is 8.44. The first-order chi connectivity index (χ1) is 14.5. The lowest BCUT2D eigenvalue weighted by molar-refractivity contribution is 0.102. The van der Waals surface area contributed by atoms with E-state index in [0.717, 1.165) is 16.8 Å². The zero-order valence-corrected chi connectivity index (χ0v) is 17.8. The number of benzene rings is 2. The third-order valence-electron chi connectivity index (χ3n) is 4.74. The van der Waals surface area contributed by atoms with Crippen LogP contribution in [0.4, 0.5) is 5.69 Å². The minimum Gasteiger partial charge on any atom is -0.378 e. The molecule has 152 valence electrons. The van der Waals surface area contributed by atoms with Crippen LogP contribution in [0.1, 0.15) is 21.7 Å². The molecule has 2 aromatic carbocycles. The van der Waals surface area contributed by atoms with Gasteiger partial charge in [0, 0.05) is 18.3 Å². The van der Waals surface area contributed by atoms with E-state index in [1.807, 2.05) is 31.2 Å². The maximum atomic E-state index is 12.9. The predicted molar refractivity (Wildman–Crippen MR) is 118 cm³/mol. The van der Waals surface area contributed by atoms with Crippen LogP contribution in [-0.4, -0.2) is 27.6 Å². The number of hydrogen-bond donors (Lipinski definition) is 1. The van der Waals surface area contributed by atoms with E-state index >= 15 is 0 Å². The van der Waals surface area contributed by atoms with Crippen LogP contribution >= 0.6 is 23.2 Å². The minimum absolute atomic E-state index is 0.307. The van der Waals surface area contributed by atoms with Gasteiger partial charge in [-0.05, 0) is 36.8 Å². The van der Waals surface area contributed by atoms with E-state index < -0.39 is 0 Å². The summed E-state index contributed by atoms with van der Waals surface area (Å²) in [4.78, 5) is 17.4. The summed E-state index contributed by atoms with van der Waals surface area (Å²) in [6.45, 7) is 2.13. The third kappa shape index (κ3) is 3.77. The number of halogens is 2. The molecule has 6 nitrogen and oxygen atoms in total. The highest BCUT2D eigenvalue weighted by atomic mass is 35.5. The summed E-state index contributed by atoms with van der Waals surface area (Å²) in [5, 5.41) is 8.59. The first kappa shape index (κ1) is 20.3. The van der Waals surface area contributed by atoms with Crippen molar-refractivity contribution in [1.82, 2.24) is 14.6 Å². The number of methoxy groups -OCH3 is 1. The molecule has 2 heterocycles. The fourth-order valence-electron chi connectivity index (χ4n) is 3.26. The molecule has 0 bridgehead atoms. The summed E-state index contributed by atoms with van der Waals surface area (Å²) in [5.74, 6) is -0.313. The Morgan fingerprint density at radius 2 is 1.87 bits per heavy atom. The van der Waals surface area contributed by atoms with Gasteiger partial charge < -0.3 is 10.1 Å². The number of ether oxygens (including phenoxy) is 1. The number of carbonyl (C=O) groups is 1. The van der Waals surface area contributed by atoms with Crippen molar-refractivity contribution in [3.8, 4) is 11.1 Å². The van der Waals surface area contributed by atoms with Crippen LogP contribution in [0.15, 0.2) is 54.7 Å². The van der Waals surface area contributed by atoms with E-state index in [9.17, 15) is 4.79 Å². The molecule has 0 unspecified atom stereocenters. The topological polar surface area (TPSA) is 68.5 Å². The quantitative estimate of drug-likeness (QED) is 0.450. The summed E-state index contributed by atoms with van der Waals surface area (Å²) in [6.07, 6.45) is 1.55. The van der Waals surface area contributed by atoms with Crippen LogP contribution in [0.5, 0.6) is 0 Å². The lowest BCUT2D eigenvalue weighted by Crippen LogP contribution is -2.16. The number of nitrogens with zero attached hydrogens (tertiary/aromatic N) is 3. The van der Waals surface area contributed by atoms with Crippen LogP contribution in [0.2, 0.25) is 10.0 Å². The van der Waals surface area contributed by atoms with Crippen molar-refractivity contribution in [3.05, 3.63) is 81.7 Å². The normalized spacial score (nSPS) is 11.1. The standard InChI is InChI=1S/C22H18Cl2N4O2/c1-13-16(22(29)26-18-6-4-3-5-17(18)24)11-25-21-20(14-7-9-15(23)10-8-14)19(12-30-2)27-28(13)21/h3-11H,12H2,1-2H3,(H,26,29). The largest absolute Gasteiger partial charge is 0.378 e. The molecule has 0 saturated heterocycles. The molecule has 0 saturated carbocycles. The van der Waals surface area contributed by atoms with Gasteiger partial charge in [-0.1, -0.05) is 47.5 Å². The fourth-order valence-corrected chi connectivity index (χ4v) is 3.57. The van der Waals surface area contributed by atoms with Crippen LogP contribution < -0.4 is 5.32 Å². The Morgan fingerprint density at radius 1 is 1.13 bits per heavy atom. The molecule has 30 heavy (non-hydrogen) atoms. The molecule has 1 amide bonds. The van der Waals surface area contributed by atoms with Crippen molar-refractivity contribution in [3.63, 3.8) is 0 Å². The Kier molecular flexibility index (Phi) is 5.72. The predicted octanol–water partition coefficient (Wildman–Crippen LogP) is 5.41. The first-order valence-corrected chi connectivity index (χ1v) is 9.93. The van der Waals surface area contributed by atoms with Gasteiger partial charge in [0.2, 0.25) is 0 Å². The minimum atomic E-state index is -0.313. The summed E-state index contributed by atoms with van der Waals surface area (Å²) in [7, 11) is 1.61. The van der Waals surface area contributed by atoms with Crippen LogP contribution in [0.3, 0.4) is 0 Å². The molecule has 0 spiro atoms. The third-order valence-corrected chi connectivity index (χ3v) is 5.32. The number of anilines is 1. The maximum absolute atomic E-state index is 12.9. The van der Waals surface area contributed by atoms with Crippen molar-refractivity contribution in [2.75, 3.05) is 12.4 Å². The molecule has 4 rings (SSSR count). The van der Waals surface area contributed by atoms with E-state index in [0.29, 0.717) is 39.2 Å². The van der Waals surface area contributed by atoms with E-state index in [-0.39, 0.29) is 5.91 Å². The molecule has 1 N–H and O–H groups in total. The number of para-hydroxylation sites is 1. The SMILES string of the molecule is COCc1nn2c(C)c(C(=O)Nc3ccccc3Cl)cnc2c1-c1ccc(Cl)cc1. The van der Waals surface area contributed by atoms with Gasteiger partial charge in [0.25, 0.3) is 5.91 Å². The molecular weight excluding hydrogens is 423 g/mol. The van der Waals surface area contributed by atoms with E-state index in [4.69, 9.17) is 27.9 Å². The molecule has 8 heteroatoms. The van der Waals surface area contributed by atoms with Gasteiger partial charge in [-0.3, -0.25) is 4.79 Å². The number of amides is 1. The van der Waals surface area contributed by atoms with Crippen LogP contribution in [0.25, 0.3) is 16.8 Å². The highest BCUT2D eigenvalue weighted by molar-refractivity contribution is 6.34. The lowest BCUT2D eigenvalue weighted by Gasteiger charge is -2.10. The Morgan fingerprint density at radius 3 is 2.57 bits per heavy atom. The molecule has 0 atom stereocenters. The van der Waals surface area contributed by atoms with Gasteiger partial charge in [-0.15, -0.1) is 0 Å². The lowest BCUT2D eigenvalue weighted by atomic mass is 10.1. The monoisotopic (exact) mass is 440 g/mol. The molecule has 0 aliphatic rings. The Hall–Kier alpha value is -2.93. The van der Waals surface area contributed by atoms with Crippen molar-refractivity contribution < 1.29 is 9.53 Å². The van der Waals surface area contributed by atoms with Gasteiger partial charge >= 0.3 is 0 Å². The number of carbonyl (C=O) groups excluding carboxylic acids is 1. The molecule has 0 radical (unpaired) electrons. The molecule has 0 aliphatic carbocycles. The van der Waals surface area contributed by atoms with Crippen molar-refractivity contribution in [1.29, 1.82) is 0 Å². The van der Waals surface area contributed by atoms with Gasteiger partial charge in [-0.2, -0.15) is 5.10 Å². The second-order valence-electron chi connectivity index (χ2n) is 6.69. The fraction of sp³-hybridized carbons (Fsp3) is 0.136. The van der Waals surface area contributed by atoms with Gasteiger partial charge in [0.15, 0.2) is 5.65 Å². The van der Waals surface area contributed by atoms with E-state index in [2.05, 4.69) is 15.4 Å². The van der Waals surface area contributed by atoms with Crippen molar-refractivity contribution in [2.24, 2.45) is 0 Å². The number of nitrogens with one attached hydrogen (secondary N) is 1. The van der Waals surface area contributed by atoms with E-state index in [1.54, 1.807) is 42.1 Å². The summed E-state index contributed by atoms with van der Waals surface area (Å²) >= 11 is 12.2. The Bertz CT molecular complexity index is 1240. The van der Waals surface area contributed by atoms with Crippen molar-refractivity contribution in [2.45, 2.75) is 13.5 Å². The van der Waals surface area contributed by atoms with Crippen LogP contribution in [0, 0.1) is 6.92 Å². The number of rotatable bonds is 5. The van der Waals surface area contributed by atoms with Gasteiger partial charge in [0.1, 0.15) is 0 Å². The number of aromatic nitrogens is 3. The Balaban J connectivity index is 1.80. The highest BCUT2D eigenvalue weighted by Crippen LogP contribution is 2.30. The smallest absolute Gasteiger partial charge is 0.259 e. The highest BCUT2D eigenvalue weighted by Gasteiger charge is 2.21. The summed E-state index contributed by atoms with van der Waals surface area (Å²) < 4.78 is 7.00. The number of fused-ring (bicyclic) bond motifs is 1. The zero-order chi connectivity index (χ0) is 21.3. The van der Waals surface area contributed by atoms with Gasteiger partial charge in [0.05, 0.1) is 39.8 Å². The maximum Gasteiger partial charge on any atom is 0.259 e. The second-order valence-corrected chi connectivity index (χ2v) is 7.53. The first-order valence-electron chi connectivity index (χ1n) is 9.17. The average Bonchev–Trinajstić information content (AvgIpc) is 3.10. The molecular formula is C22H18Cl2N4O2. The molecule has 0 fully saturated rings.